The molecule has 4 rings (SSSR count). The van der Waals surface area contributed by atoms with Gasteiger partial charge in [-0.3, -0.25) is 9.59 Å². The molecule has 3 atom stereocenters. The number of hydrogen-bond donors (Lipinski definition) is 3. The van der Waals surface area contributed by atoms with Crippen LogP contribution in [0.2, 0.25) is 0 Å². The zero-order chi connectivity index (χ0) is 22.0. The summed E-state index contributed by atoms with van der Waals surface area (Å²) in [4.78, 5) is 35.1. The Labute approximate surface area is 180 Å². The first-order valence-electron chi connectivity index (χ1n) is 10.5. The fraction of sp³-hybridized carbons (Fsp3) is 0.375. The number of ether oxygens (including phenoxy) is 1. The predicted octanol–water partition coefficient (Wildman–Crippen LogP) is 3.14. The van der Waals surface area contributed by atoms with Gasteiger partial charge in [-0.05, 0) is 41.5 Å². The summed E-state index contributed by atoms with van der Waals surface area (Å²) in [6.07, 6.45) is 0.0725. The maximum atomic E-state index is 12.2. The van der Waals surface area contributed by atoms with Crippen LogP contribution in [-0.2, 0) is 14.3 Å². The van der Waals surface area contributed by atoms with Crippen molar-refractivity contribution in [3.63, 3.8) is 0 Å². The van der Waals surface area contributed by atoms with Crippen molar-refractivity contribution >= 4 is 18.0 Å². The largest absolute Gasteiger partial charge is 0.481 e. The smallest absolute Gasteiger partial charge is 0.407 e. The third-order valence-corrected chi connectivity index (χ3v) is 5.98. The summed E-state index contributed by atoms with van der Waals surface area (Å²) in [5, 5.41) is 14.2. The number of carbonyl (C=O) groups is 3. The summed E-state index contributed by atoms with van der Waals surface area (Å²) in [5.74, 6) is -1.24. The molecule has 1 fully saturated rings. The zero-order valence-corrected chi connectivity index (χ0v) is 17.3. The van der Waals surface area contributed by atoms with Gasteiger partial charge in [-0.15, -0.1) is 0 Å². The average Bonchev–Trinajstić information content (AvgIpc) is 3.46. The molecule has 2 aromatic carbocycles. The Balaban J connectivity index is 1.24. The number of rotatable bonds is 8. The summed E-state index contributed by atoms with van der Waals surface area (Å²) >= 11 is 0. The van der Waals surface area contributed by atoms with E-state index in [9.17, 15) is 14.4 Å². The fourth-order valence-corrected chi connectivity index (χ4v) is 4.32. The summed E-state index contributed by atoms with van der Waals surface area (Å²) in [6, 6.07) is 15.9. The third kappa shape index (κ3) is 4.71. The highest BCUT2D eigenvalue weighted by Gasteiger charge is 2.43. The van der Waals surface area contributed by atoms with E-state index in [0.29, 0.717) is 13.0 Å². The molecule has 162 valence electrons. The molecule has 31 heavy (non-hydrogen) atoms. The van der Waals surface area contributed by atoms with Gasteiger partial charge in [0.25, 0.3) is 0 Å². The van der Waals surface area contributed by atoms with Crippen LogP contribution >= 0.6 is 0 Å². The van der Waals surface area contributed by atoms with Crippen LogP contribution in [0.4, 0.5) is 4.79 Å². The second-order valence-electron chi connectivity index (χ2n) is 8.32. The van der Waals surface area contributed by atoms with Crippen LogP contribution in [0.15, 0.2) is 48.5 Å². The minimum absolute atomic E-state index is 0.00771. The second-order valence-corrected chi connectivity index (χ2v) is 8.32. The van der Waals surface area contributed by atoms with E-state index in [4.69, 9.17) is 9.84 Å². The first kappa shape index (κ1) is 20.9. The lowest BCUT2D eigenvalue weighted by atomic mass is 9.98. The molecule has 0 aromatic heterocycles. The molecule has 7 nitrogen and oxygen atoms in total. The Hall–Kier alpha value is -3.35. The lowest BCUT2D eigenvalue weighted by Crippen LogP contribution is -2.36. The fourth-order valence-electron chi connectivity index (χ4n) is 4.32. The van der Waals surface area contributed by atoms with Crippen molar-refractivity contribution < 1.29 is 24.2 Å². The quantitative estimate of drug-likeness (QED) is 0.606. The zero-order valence-electron chi connectivity index (χ0n) is 17.3. The highest BCUT2D eigenvalue weighted by Crippen LogP contribution is 2.44. The van der Waals surface area contributed by atoms with E-state index in [1.807, 2.05) is 24.3 Å². The first-order chi connectivity index (χ1) is 14.9. The number of hydrogen-bond acceptors (Lipinski definition) is 4. The highest BCUT2D eigenvalue weighted by atomic mass is 16.5. The van der Waals surface area contributed by atoms with Crippen molar-refractivity contribution in [1.29, 1.82) is 0 Å². The van der Waals surface area contributed by atoms with Crippen molar-refractivity contribution in [3.05, 3.63) is 59.7 Å². The van der Waals surface area contributed by atoms with Crippen LogP contribution < -0.4 is 10.6 Å². The van der Waals surface area contributed by atoms with Gasteiger partial charge in [-0.2, -0.15) is 0 Å². The van der Waals surface area contributed by atoms with Crippen LogP contribution in [-0.4, -0.2) is 42.3 Å². The van der Waals surface area contributed by atoms with Crippen molar-refractivity contribution in [2.24, 2.45) is 11.8 Å². The number of nitrogens with one attached hydrogen (secondary N) is 2. The molecule has 2 amide bonds. The minimum Gasteiger partial charge on any atom is -0.481 e. The number of carboxylic acid groups (broad SMARTS) is 1. The molecule has 0 aliphatic heterocycles. The van der Waals surface area contributed by atoms with Gasteiger partial charge >= 0.3 is 12.1 Å². The van der Waals surface area contributed by atoms with Crippen LogP contribution in [0, 0.1) is 11.8 Å². The lowest BCUT2D eigenvalue weighted by molar-refractivity contribution is -0.137. The molecule has 2 aliphatic carbocycles. The van der Waals surface area contributed by atoms with Crippen LogP contribution in [0.25, 0.3) is 11.1 Å². The van der Waals surface area contributed by atoms with E-state index in [0.717, 1.165) is 11.1 Å². The molecule has 3 N–H and O–H groups in total. The molecule has 0 spiro atoms. The number of benzene rings is 2. The van der Waals surface area contributed by atoms with Crippen molar-refractivity contribution in [1.82, 2.24) is 10.6 Å². The summed E-state index contributed by atoms with van der Waals surface area (Å²) < 4.78 is 5.51. The number of aliphatic carboxylic acids is 1. The first-order valence-corrected chi connectivity index (χ1v) is 10.5. The maximum Gasteiger partial charge on any atom is 0.407 e. The molecule has 0 saturated heterocycles. The molecule has 0 radical (unpaired) electrons. The van der Waals surface area contributed by atoms with Gasteiger partial charge in [-0.1, -0.05) is 48.5 Å². The molecule has 0 unspecified atom stereocenters. The van der Waals surface area contributed by atoms with E-state index < -0.39 is 18.1 Å². The number of fused-ring (bicyclic) bond motifs is 3. The van der Waals surface area contributed by atoms with Gasteiger partial charge in [0.2, 0.25) is 5.91 Å². The average molecular weight is 422 g/mol. The molecule has 2 aliphatic rings. The Bertz CT molecular complexity index is 959. The Morgan fingerprint density at radius 2 is 1.68 bits per heavy atom. The second kappa shape index (κ2) is 8.79. The molecular weight excluding hydrogens is 396 g/mol. The molecular formula is C24H26N2O5. The lowest BCUT2D eigenvalue weighted by Gasteiger charge is -2.14. The van der Waals surface area contributed by atoms with E-state index >= 15 is 0 Å². The Morgan fingerprint density at radius 1 is 1.06 bits per heavy atom. The molecule has 1 saturated carbocycles. The van der Waals surface area contributed by atoms with Gasteiger partial charge in [0.15, 0.2) is 0 Å². The summed E-state index contributed by atoms with van der Waals surface area (Å²) in [6.45, 7) is 2.28. The van der Waals surface area contributed by atoms with Crippen LogP contribution in [0.1, 0.15) is 36.8 Å². The van der Waals surface area contributed by atoms with E-state index in [-0.39, 0.29) is 36.7 Å². The SMILES string of the molecule is C[C@@H](CC(=O)O)NC(=O)[C@@H]1C[C@@H]1CNC(=O)OCC1c2ccccc2-c2ccccc21. The Kier molecular flexibility index (Phi) is 5.93. The maximum absolute atomic E-state index is 12.2. The van der Waals surface area contributed by atoms with Gasteiger partial charge in [0.1, 0.15) is 6.61 Å². The van der Waals surface area contributed by atoms with Crippen LogP contribution in [0.5, 0.6) is 0 Å². The number of carboxylic acids is 1. The van der Waals surface area contributed by atoms with E-state index in [2.05, 4.69) is 34.9 Å². The van der Waals surface area contributed by atoms with E-state index in [1.54, 1.807) is 6.92 Å². The molecule has 0 bridgehead atoms. The Morgan fingerprint density at radius 3 is 2.29 bits per heavy atom. The monoisotopic (exact) mass is 422 g/mol. The third-order valence-electron chi connectivity index (χ3n) is 5.98. The molecule has 2 aromatic rings. The topological polar surface area (TPSA) is 105 Å². The number of carbonyl (C=O) groups excluding carboxylic acids is 2. The minimum atomic E-state index is -0.947. The summed E-state index contributed by atoms with van der Waals surface area (Å²) in [7, 11) is 0. The van der Waals surface area contributed by atoms with Gasteiger partial charge in [0, 0.05) is 24.4 Å². The standard InChI is InChI=1S/C24H26N2O5/c1-14(10-22(27)28)26-23(29)20-11-15(20)12-25-24(30)31-13-21-18-8-4-2-6-16(18)17-7-3-5-9-19(17)21/h2-9,14-15,20-21H,10-13H2,1H3,(H,25,30)(H,26,29)(H,27,28)/t14-,15+,20+/m0/s1. The highest BCUT2D eigenvalue weighted by molar-refractivity contribution is 5.82. The van der Waals surface area contributed by atoms with Gasteiger partial charge in [-0.25, -0.2) is 4.79 Å². The van der Waals surface area contributed by atoms with Crippen LogP contribution in [0.3, 0.4) is 0 Å². The van der Waals surface area contributed by atoms with E-state index in [1.165, 1.54) is 11.1 Å². The van der Waals surface area contributed by atoms with Crippen molar-refractivity contribution in [2.75, 3.05) is 13.2 Å². The molecule has 7 heteroatoms. The predicted molar refractivity (Wildman–Crippen MR) is 115 cm³/mol. The number of amides is 2. The van der Waals surface area contributed by atoms with Crippen molar-refractivity contribution in [3.8, 4) is 11.1 Å². The molecule has 0 heterocycles. The summed E-state index contributed by atoms with van der Waals surface area (Å²) in [5.41, 5.74) is 4.67. The van der Waals surface area contributed by atoms with Crippen molar-refractivity contribution in [2.45, 2.75) is 31.7 Å². The number of alkyl carbamates (subject to hydrolysis) is 1. The van der Waals surface area contributed by atoms with Gasteiger partial charge in [0.05, 0.1) is 6.42 Å². The van der Waals surface area contributed by atoms with Gasteiger partial charge < -0.3 is 20.5 Å². The normalized spacial score (nSPS) is 19.6.